The van der Waals surface area contributed by atoms with Crippen LogP contribution in [0.15, 0.2) is 58.2 Å². The minimum Gasteiger partial charge on any atom is -0.497 e. The molecule has 0 amide bonds. The van der Waals surface area contributed by atoms with E-state index in [4.69, 9.17) is 13.9 Å². The Balaban J connectivity index is 1.38. The molecule has 3 aromatic rings. The summed E-state index contributed by atoms with van der Waals surface area (Å²) in [7, 11) is 1.64. The number of carbonyl (C=O) groups excluding carboxylic acids is 1. The Morgan fingerprint density at radius 2 is 1.78 bits per heavy atom. The Hall–Kier alpha value is -2.80. The first-order chi connectivity index (χ1) is 13.3. The zero-order valence-electron chi connectivity index (χ0n) is 15.0. The maximum Gasteiger partial charge on any atom is 0.276 e. The van der Waals surface area contributed by atoms with Gasteiger partial charge in [0.05, 0.1) is 20.1 Å². The molecule has 27 heavy (non-hydrogen) atoms. The molecule has 0 saturated carbocycles. The van der Waals surface area contributed by atoms with Gasteiger partial charge in [0.1, 0.15) is 17.8 Å². The SMILES string of the molecule is COc1ccc(Cc2nnc(SCCCOc3ccc(C=O)cc3)o2)cc1. The van der Waals surface area contributed by atoms with Gasteiger partial charge >= 0.3 is 0 Å². The minimum atomic E-state index is 0.564. The molecule has 0 spiro atoms. The van der Waals surface area contributed by atoms with Crippen LogP contribution < -0.4 is 9.47 Å². The van der Waals surface area contributed by atoms with Crippen LogP contribution in [0.5, 0.6) is 11.5 Å². The van der Waals surface area contributed by atoms with E-state index < -0.39 is 0 Å². The van der Waals surface area contributed by atoms with Crippen LogP contribution >= 0.6 is 11.8 Å². The van der Waals surface area contributed by atoms with Gasteiger partial charge in [-0.25, -0.2) is 0 Å². The highest BCUT2D eigenvalue weighted by Gasteiger charge is 2.08. The number of nitrogens with zero attached hydrogens (tertiary/aromatic N) is 2. The van der Waals surface area contributed by atoms with Crippen LogP contribution in [0.25, 0.3) is 0 Å². The standard InChI is InChI=1S/C20H20N2O4S/c1-24-17-7-3-15(4-8-17)13-19-21-22-20(26-19)27-12-2-11-25-18-9-5-16(14-23)6-10-18/h3-10,14H,2,11-13H2,1H3. The third-order valence-electron chi connectivity index (χ3n) is 3.76. The summed E-state index contributed by atoms with van der Waals surface area (Å²) >= 11 is 1.51. The van der Waals surface area contributed by atoms with Crippen molar-refractivity contribution in [2.45, 2.75) is 18.1 Å². The summed E-state index contributed by atoms with van der Waals surface area (Å²) < 4.78 is 16.5. The van der Waals surface area contributed by atoms with Gasteiger partial charge in [-0.05, 0) is 48.4 Å². The lowest BCUT2D eigenvalue weighted by Crippen LogP contribution is -1.98. The summed E-state index contributed by atoms with van der Waals surface area (Å²) in [6.45, 7) is 0.584. The van der Waals surface area contributed by atoms with E-state index in [1.54, 1.807) is 31.4 Å². The molecule has 0 aliphatic heterocycles. The van der Waals surface area contributed by atoms with Gasteiger partial charge in [0.2, 0.25) is 5.89 Å². The first-order valence-corrected chi connectivity index (χ1v) is 9.51. The van der Waals surface area contributed by atoms with Gasteiger partial charge in [0.25, 0.3) is 5.22 Å². The second-order valence-corrected chi connectivity index (χ2v) is 6.77. The van der Waals surface area contributed by atoms with E-state index in [-0.39, 0.29) is 0 Å². The molecule has 140 valence electrons. The van der Waals surface area contributed by atoms with Crippen LogP contribution in [-0.2, 0) is 6.42 Å². The Kier molecular flexibility index (Phi) is 6.87. The zero-order valence-corrected chi connectivity index (χ0v) is 15.8. The summed E-state index contributed by atoms with van der Waals surface area (Å²) in [4.78, 5) is 10.6. The quantitative estimate of drug-likeness (QED) is 0.297. The topological polar surface area (TPSA) is 74.5 Å². The molecule has 0 bridgehead atoms. The van der Waals surface area contributed by atoms with E-state index in [9.17, 15) is 4.79 Å². The van der Waals surface area contributed by atoms with Crippen molar-refractivity contribution in [3.05, 3.63) is 65.5 Å². The summed E-state index contributed by atoms with van der Waals surface area (Å²) in [6.07, 6.45) is 2.25. The van der Waals surface area contributed by atoms with Gasteiger partial charge in [-0.3, -0.25) is 4.79 Å². The lowest BCUT2D eigenvalue weighted by Gasteiger charge is -2.05. The molecule has 7 heteroatoms. The molecule has 0 saturated heterocycles. The molecule has 0 atom stereocenters. The number of rotatable bonds is 10. The second-order valence-electron chi connectivity index (χ2n) is 5.72. The molecule has 2 aromatic carbocycles. The van der Waals surface area contributed by atoms with E-state index in [0.717, 1.165) is 35.5 Å². The van der Waals surface area contributed by atoms with E-state index in [1.165, 1.54) is 11.8 Å². The van der Waals surface area contributed by atoms with Crippen molar-refractivity contribution in [1.29, 1.82) is 0 Å². The number of carbonyl (C=O) groups is 1. The van der Waals surface area contributed by atoms with E-state index in [1.807, 2.05) is 24.3 Å². The highest BCUT2D eigenvalue weighted by Crippen LogP contribution is 2.20. The maximum atomic E-state index is 10.6. The largest absolute Gasteiger partial charge is 0.497 e. The van der Waals surface area contributed by atoms with Crippen molar-refractivity contribution in [1.82, 2.24) is 10.2 Å². The van der Waals surface area contributed by atoms with Gasteiger partial charge in [-0.1, -0.05) is 23.9 Å². The fourth-order valence-corrected chi connectivity index (χ4v) is 3.03. The summed E-state index contributed by atoms with van der Waals surface area (Å²) in [5.41, 5.74) is 1.73. The highest BCUT2D eigenvalue weighted by atomic mass is 32.2. The van der Waals surface area contributed by atoms with Crippen LogP contribution in [0.3, 0.4) is 0 Å². The molecule has 0 fully saturated rings. The number of aromatic nitrogens is 2. The van der Waals surface area contributed by atoms with Crippen molar-refractivity contribution in [3.8, 4) is 11.5 Å². The molecular weight excluding hydrogens is 364 g/mol. The van der Waals surface area contributed by atoms with Crippen molar-refractivity contribution >= 4 is 18.0 Å². The molecule has 0 aliphatic carbocycles. The Labute approximate surface area is 161 Å². The molecule has 0 aliphatic rings. The average molecular weight is 384 g/mol. The van der Waals surface area contributed by atoms with Gasteiger partial charge in [-0.15, -0.1) is 10.2 Å². The molecular formula is C20H20N2O4S. The second kappa shape index (κ2) is 9.78. The van der Waals surface area contributed by atoms with Crippen LogP contribution in [0.2, 0.25) is 0 Å². The maximum absolute atomic E-state index is 10.6. The fraction of sp³-hybridized carbons (Fsp3) is 0.250. The number of ether oxygens (including phenoxy) is 2. The number of hydrogen-bond donors (Lipinski definition) is 0. The van der Waals surface area contributed by atoms with Crippen molar-refractivity contribution in [2.24, 2.45) is 0 Å². The molecule has 0 unspecified atom stereocenters. The van der Waals surface area contributed by atoms with E-state index in [2.05, 4.69) is 10.2 Å². The molecule has 3 rings (SSSR count). The van der Waals surface area contributed by atoms with Crippen LogP contribution in [0.1, 0.15) is 28.2 Å². The van der Waals surface area contributed by atoms with Gasteiger partial charge in [0.15, 0.2) is 0 Å². The Morgan fingerprint density at radius 1 is 1.04 bits per heavy atom. The van der Waals surface area contributed by atoms with Crippen LogP contribution in [0.4, 0.5) is 0 Å². The average Bonchev–Trinajstić information content (AvgIpc) is 3.16. The number of benzene rings is 2. The molecule has 1 heterocycles. The number of thioether (sulfide) groups is 1. The van der Waals surface area contributed by atoms with Crippen LogP contribution in [0, 0.1) is 0 Å². The third kappa shape index (κ3) is 5.86. The van der Waals surface area contributed by atoms with Gasteiger partial charge in [-0.2, -0.15) is 0 Å². The number of hydrogen-bond acceptors (Lipinski definition) is 7. The fourth-order valence-electron chi connectivity index (χ4n) is 2.34. The van der Waals surface area contributed by atoms with Crippen molar-refractivity contribution in [2.75, 3.05) is 19.5 Å². The number of aldehydes is 1. The minimum absolute atomic E-state index is 0.564. The number of methoxy groups -OCH3 is 1. The Morgan fingerprint density at radius 3 is 2.48 bits per heavy atom. The smallest absolute Gasteiger partial charge is 0.276 e. The van der Waals surface area contributed by atoms with E-state index >= 15 is 0 Å². The summed E-state index contributed by atoms with van der Waals surface area (Å²) in [6, 6.07) is 14.8. The lowest BCUT2D eigenvalue weighted by molar-refractivity contribution is 0.112. The highest BCUT2D eigenvalue weighted by molar-refractivity contribution is 7.99. The predicted molar refractivity (Wildman–Crippen MR) is 103 cm³/mol. The van der Waals surface area contributed by atoms with Crippen molar-refractivity contribution < 1.29 is 18.7 Å². The first-order valence-electron chi connectivity index (χ1n) is 8.53. The first kappa shape index (κ1) is 19.0. The molecule has 0 N–H and O–H groups in total. The summed E-state index contributed by atoms with van der Waals surface area (Å²) in [5.74, 6) is 2.98. The summed E-state index contributed by atoms with van der Waals surface area (Å²) in [5, 5.41) is 8.72. The zero-order chi connectivity index (χ0) is 18.9. The Bertz CT molecular complexity index is 847. The third-order valence-corrected chi connectivity index (χ3v) is 4.67. The van der Waals surface area contributed by atoms with E-state index in [0.29, 0.717) is 29.7 Å². The van der Waals surface area contributed by atoms with Gasteiger partial charge in [0, 0.05) is 11.3 Å². The van der Waals surface area contributed by atoms with Crippen LogP contribution in [-0.4, -0.2) is 36.0 Å². The monoisotopic (exact) mass is 384 g/mol. The molecule has 1 aromatic heterocycles. The van der Waals surface area contributed by atoms with Crippen molar-refractivity contribution in [3.63, 3.8) is 0 Å². The van der Waals surface area contributed by atoms with Gasteiger partial charge < -0.3 is 13.9 Å². The molecule has 0 radical (unpaired) electrons. The predicted octanol–water partition coefficient (Wildman–Crippen LogP) is 4.04. The molecule has 6 nitrogen and oxygen atoms in total. The lowest BCUT2D eigenvalue weighted by atomic mass is 10.1. The normalized spacial score (nSPS) is 10.6.